The molecule has 3 aromatic rings. The molecule has 30 heavy (non-hydrogen) atoms. The van der Waals surface area contributed by atoms with Gasteiger partial charge >= 0.3 is 5.97 Å². The molecule has 2 aromatic heterocycles. The van der Waals surface area contributed by atoms with Crippen molar-refractivity contribution in [3.8, 4) is 0 Å². The standard InChI is InChI=1S/C20H17N5O5/c1-2-16(26)11-3-5-12-10(7-11)4-6-13(12)22-18(27)14-8-15(19(28)29)25-17(24-30)9-21-20(25)23-14/h3,5,7-9,13H,2,4,6H2,1H3,(H,22,27)(H,28,29). The van der Waals surface area contributed by atoms with E-state index in [0.717, 1.165) is 27.8 Å². The number of carbonyl (C=O) groups is 3. The lowest BCUT2D eigenvalue weighted by Crippen LogP contribution is -2.28. The quantitative estimate of drug-likeness (QED) is 0.472. The van der Waals surface area contributed by atoms with Gasteiger partial charge in [0.1, 0.15) is 11.4 Å². The second-order valence-electron chi connectivity index (χ2n) is 6.93. The maximum Gasteiger partial charge on any atom is 0.353 e. The Morgan fingerprint density at radius 1 is 1.30 bits per heavy atom. The van der Waals surface area contributed by atoms with Crippen molar-refractivity contribution < 1.29 is 19.5 Å². The normalized spacial score (nSPS) is 15.0. The molecule has 0 radical (unpaired) electrons. The average Bonchev–Trinajstić information content (AvgIpc) is 3.35. The van der Waals surface area contributed by atoms with Gasteiger partial charge in [-0.2, -0.15) is 0 Å². The van der Waals surface area contributed by atoms with Crippen LogP contribution in [0.5, 0.6) is 0 Å². The molecule has 152 valence electrons. The van der Waals surface area contributed by atoms with Crippen molar-refractivity contribution in [2.75, 3.05) is 0 Å². The number of carboxylic acid groups (broad SMARTS) is 1. The lowest BCUT2D eigenvalue weighted by Gasteiger charge is -2.14. The van der Waals surface area contributed by atoms with Crippen molar-refractivity contribution in [2.24, 2.45) is 5.18 Å². The first-order valence-electron chi connectivity index (χ1n) is 9.35. The van der Waals surface area contributed by atoms with Crippen LogP contribution in [0.15, 0.2) is 35.6 Å². The SMILES string of the molecule is CCC(=O)c1ccc2c(c1)CCC2NC(=O)c1cc(C(=O)O)n2c(N=O)cnc2n1. The van der Waals surface area contributed by atoms with Crippen LogP contribution in [0.2, 0.25) is 0 Å². The molecule has 10 heteroatoms. The summed E-state index contributed by atoms with van der Waals surface area (Å²) >= 11 is 0. The van der Waals surface area contributed by atoms with E-state index in [4.69, 9.17) is 0 Å². The number of Topliss-reactive ketones (excluding diaryl/α,β-unsaturated/α-hetero) is 1. The van der Waals surface area contributed by atoms with Crippen LogP contribution in [0.4, 0.5) is 5.82 Å². The molecule has 0 saturated carbocycles. The van der Waals surface area contributed by atoms with Gasteiger partial charge in [0.05, 0.1) is 12.2 Å². The summed E-state index contributed by atoms with van der Waals surface area (Å²) in [6.07, 6.45) is 2.88. The summed E-state index contributed by atoms with van der Waals surface area (Å²) < 4.78 is 0.975. The van der Waals surface area contributed by atoms with E-state index in [0.29, 0.717) is 24.8 Å². The Morgan fingerprint density at radius 2 is 2.10 bits per heavy atom. The molecule has 2 N–H and O–H groups in total. The number of aryl methyl sites for hydroxylation is 1. The van der Waals surface area contributed by atoms with Gasteiger partial charge in [0, 0.05) is 18.1 Å². The molecule has 1 unspecified atom stereocenters. The molecule has 1 aliphatic rings. The zero-order chi connectivity index (χ0) is 21.4. The highest BCUT2D eigenvalue weighted by Gasteiger charge is 2.27. The molecule has 1 amide bonds. The number of fused-ring (bicyclic) bond motifs is 2. The first kappa shape index (κ1) is 19.4. The average molecular weight is 407 g/mol. The van der Waals surface area contributed by atoms with Gasteiger partial charge in [-0.15, -0.1) is 4.91 Å². The van der Waals surface area contributed by atoms with Gasteiger partial charge in [-0.25, -0.2) is 14.8 Å². The number of ketones is 1. The van der Waals surface area contributed by atoms with Gasteiger partial charge in [0.25, 0.3) is 5.91 Å². The molecule has 4 rings (SSSR count). The van der Waals surface area contributed by atoms with Crippen LogP contribution >= 0.6 is 0 Å². The lowest BCUT2D eigenvalue weighted by molar-refractivity contribution is 0.0688. The second-order valence-corrected chi connectivity index (χ2v) is 6.93. The van der Waals surface area contributed by atoms with Crippen LogP contribution < -0.4 is 5.32 Å². The molecule has 1 atom stereocenters. The lowest BCUT2D eigenvalue weighted by atomic mass is 10.0. The van der Waals surface area contributed by atoms with Crippen molar-refractivity contribution >= 4 is 29.3 Å². The van der Waals surface area contributed by atoms with Crippen LogP contribution in [0.25, 0.3) is 5.78 Å². The number of imidazole rings is 1. The number of nitroso groups, excluding NO2 is 1. The maximum atomic E-state index is 12.8. The zero-order valence-electron chi connectivity index (χ0n) is 16.0. The van der Waals surface area contributed by atoms with Gasteiger partial charge in [-0.1, -0.05) is 19.1 Å². The topological polar surface area (TPSA) is 143 Å². The minimum atomic E-state index is -1.35. The Hall–Kier alpha value is -3.95. The molecular weight excluding hydrogens is 390 g/mol. The number of aromatic carboxylic acids is 1. The van der Waals surface area contributed by atoms with Gasteiger partial charge in [0.15, 0.2) is 5.78 Å². The molecule has 0 fully saturated rings. The van der Waals surface area contributed by atoms with Crippen LogP contribution in [-0.4, -0.2) is 37.1 Å². The molecule has 0 spiro atoms. The monoisotopic (exact) mass is 407 g/mol. The Kier molecular flexibility index (Phi) is 4.82. The smallest absolute Gasteiger partial charge is 0.353 e. The largest absolute Gasteiger partial charge is 0.477 e. The third-order valence-corrected chi connectivity index (χ3v) is 5.17. The highest BCUT2D eigenvalue weighted by atomic mass is 16.4. The van der Waals surface area contributed by atoms with E-state index in [9.17, 15) is 24.4 Å². The zero-order valence-corrected chi connectivity index (χ0v) is 16.0. The first-order valence-corrected chi connectivity index (χ1v) is 9.35. The summed E-state index contributed by atoms with van der Waals surface area (Å²) in [5, 5.41) is 15.1. The number of nitrogens with one attached hydrogen (secondary N) is 1. The summed E-state index contributed by atoms with van der Waals surface area (Å²) in [7, 11) is 0. The van der Waals surface area contributed by atoms with E-state index in [1.807, 2.05) is 19.1 Å². The number of aromatic nitrogens is 3. The van der Waals surface area contributed by atoms with Crippen LogP contribution in [0.1, 0.15) is 68.3 Å². The Labute approximate surface area is 169 Å². The predicted molar refractivity (Wildman–Crippen MR) is 105 cm³/mol. The summed E-state index contributed by atoms with van der Waals surface area (Å²) in [6, 6.07) is 6.25. The van der Waals surface area contributed by atoms with Crippen molar-refractivity contribution in [1.29, 1.82) is 0 Å². The van der Waals surface area contributed by atoms with Crippen molar-refractivity contribution in [3.63, 3.8) is 0 Å². The van der Waals surface area contributed by atoms with Gasteiger partial charge in [0.2, 0.25) is 11.6 Å². The molecular formula is C20H17N5O5. The van der Waals surface area contributed by atoms with Crippen LogP contribution in [0.3, 0.4) is 0 Å². The number of amides is 1. The molecule has 0 aliphatic heterocycles. The molecule has 10 nitrogen and oxygen atoms in total. The third kappa shape index (κ3) is 3.21. The number of carbonyl (C=O) groups excluding carboxylic acids is 2. The van der Waals surface area contributed by atoms with Crippen LogP contribution in [-0.2, 0) is 6.42 Å². The van der Waals surface area contributed by atoms with E-state index in [1.165, 1.54) is 0 Å². The molecule has 0 saturated heterocycles. The number of hydrogen-bond donors (Lipinski definition) is 2. The summed E-state index contributed by atoms with van der Waals surface area (Å²) in [4.78, 5) is 55.1. The minimum absolute atomic E-state index is 0.0628. The Bertz CT molecular complexity index is 1220. The minimum Gasteiger partial charge on any atom is -0.477 e. The van der Waals surface area contributed by atoms with E-state index in [2.05, 4.69) is 20.5 Å². The van der Waals surface area contributed by atoms with Crippen LogP contribution in [0, 0.1) is 4.91 Å². The fourth-order valence-corrected chi connectivity index (χ4v) is 3.69. The Balaban J connectivity index is 1.63. The van der Waals surface area contributed by atoms with E-state index in [-0.39, 0.29) is 34.8 Å². The predicted octanol–water partition coefficient (Wildman–Crippen LogP) is 2.84. The van der Waals surface area contributed by atoms with Crippen molar-refractivity contribution in [2.45, 2.75) is 32.2 Å². The molecule has 1 aliphatic carbocycles. The number of hydrogen-bond acceptors (Lipinski definition) is 7. The number of carboxylic acids is 1. The number of nitrogens with zero attached hydrogens (tertiary/aromatic N) is 4. The molecule has 1 aromatic carbocycles. The molecule has 2 heterocycles. The van der Waals surface area contributed by atoms with Gasteiger partial charge < -0.3 is 10.4 Å². The first-order chi connectivity index (χ1) is 14.4. The Morgan fingerprint density at radius 3 is 2.80 bits per heavy atom. The number of benzene rings is 1. The highest BCUT2D eigenvalue weighted by Crippen LogP contribution is 2.32. The van der Waals surface area contributed by atoms with E-state index >= 15 is 0 Å². The summed E-state index contributed by atoms with van der Waals surface area (Å²) in [6.45, 7) is 1.81. The molecule has 0 bridgehead atoms. The van der Waals surface area contributed by atoms with Crippen molar-refractivity contribution in [3.05, 3.63) is 63.4 Å². The van der Waals surface area contributed by atoms with Crippen molar-refractivity contribution in [1.82, 2.24) is 19.7 Å². The van der Waals surface area contributed by atoms with E-state index in [1.54, 1.807) is 6.07 Å². The fourth-order valence-electron chi connectivity index (χ4n) is 3.69. The maximum absolute atomic E-state index is 12.8. The number of rotatable bonds is 6. The summed E-state index contributed by atoms with van der Waals surface area (Å²) in [5.74, 6) is -2.17. The fraction of sp³-hybridized carbons (Fsp3) is 0.250. The highest BCUT2D eigenvalue weighted by molar-refractivity contribution is 5.97. The second kappa shape index (κ2) is 7.47. The van der Waals surface area contributed by atoms with Gasteiger partial charge in [-0.05, 0) is 35.2 Å². The van der Waals surface area contributed by atoms with E-state index < -0.39 is 11.9 Å². The van der Waals surface area contributed by atoms with Gasteiger partial charge in [-0.3, -0.25) is 14.0 Å². The summed E-state index contributed by atoms with van der Waals surface area (Å²) in [5.41, 5.74) is 2.11. The third-order valence-electron chi connectivity index (χ3n) is 5.17.